The highest BCUT2D eigenvalue weighted by Crippen LogP contribution is 2.28. The van der Waals surface area contributed by atoms with Crippen molar-refractivity contribution >= 4 is 12.2 Å². The molecule has 0 aliphatic heterocycles. The van der Waals surface area contributed by atoms with E-state index in [-0.39, 0.29) is 0 Å². The first-order chi connectivity index (χ1) is 6.86. The molecule has 0 saturated heterocycles. The highest BCUT2D eigenvalue weighted by molar-refractivity contribution is 5.35. The van der Waals surface area contributed by atoms with Gasteiger partial charge in [-0.3, -0.25) is 0 Å². The van der Waals surface area contributed by atoms with Crippen LogP contribution in [0, 0.1) is 5.92 Å². The number of hydrogen-bond donors (Lipinski definition) is 0. The van der Waals surface area contributed by atoms with E-state index in [0.717, 1.165) is 31.3 Å². The standard InChI is InChI=1S/C10H12N2O2/c13-7-11-5-9-2-1-3-10(4-9)6-12-8-14/h5,10H,1-4,6H2/b9-5+. The Bertz CT molecular complexity index is 310. The molecule has 4 heteroatoms. The van der Waals surface area contributed by atoms with E-state index in [9.17, 15) is 9.59 Å². The second kappa shape index (κ2) is 6.03. The zero-order valence-corrected chi connectivity index (χ0v) is 7.90. The summed E-state index contributed by atoms with van der Waals surface area (Å²) in [7, 11) is 0. The average molecular weight is 192 g/mol. The molecule has 1 unspecified atom stereocenters. The first-order valence-electron chi connectivity index (χ1n) is 4.65. The van der Waals surface area contributed by atoms with Crippen LogP contribution < -0.4 is 0 Å². The summed E-state index contributed by atoms with van der Waals surface area (Å²) in [5.41, 5.74) is 1.14. The summed E-state index contributed by atoms with van der Waals surface area (Å²) in [5, 5.41) is 0. The van der Waals surface area contributed by atoms with E-state index in [1.54, 1.807) is 12.3 Å². The molecule has 1 saturated carbocycles. The minimum absolute atomic E-state index is 0.401. The fourth-order valence-corrected chi connectivity index (χ4v) is 1.75. The Morgan fingerprint density at radius 3 is 3.00 bits per heavy atom. The lowest BCUT2D eigenvalue weighted by atomic mass is 9.86. The highest BCUT2D eigenvalue weighted by atomic mass is 16.1. The minimum atomic E-state index is 0.401. The summed E-state index contributed by atoms with van der Waals surface area (Å²) in [6, 6.07) is 0. The molecule has 74 valence electrons. The van der Waals surface area contributed by atoms with Gasteiger partial charge in [0, 0.05) is 6.20 Å². The molecular formula is C10H12N2O2. The summed E-state index contributed by atoms with van der Waals surface area (Å²) in [5.74, 6) is 0.401. The SMILES string of the molecule is O=C=N/C=C1\CCCC(CN=C=O)C1. The molecule has 1 aliphatic carbocycles. The largest absolute Gasteiger partial charge is 0.239 e. The van der Waals surface area contributed by atoms with Crippen LogP contribution in [0.2, 0.25) is 0 Å². The van der Waals surface area contributed by atoms with Crippen LogP contribution in [0.4, 0.5) is 0 Å². The van der Waals surface area contributed by atoms with Gasteiger partial charge in [-0.15, -0.1) is 0 Å². The van der Waals surface area contributed by atoms with Crippen molar-refractivity contribution in [1.82, 2.24) is 0 Å². The van der Waals surface area contributed by atoms with Gasteiger partial charge >= 0.3 is 0 Å². The molecule has 0 N–H and O–H groups in total. The van der Waals surface area contributed by atoms with Gasteiger partial charge in [0.25, 0.3) is 0 Å². The second-order valence-electron chi connectivity index (χ2n) is 3.40. The first kappa shape index (κ1) is 10.6. The maximum atomic E-state index is 9.92. The fraction of sp³-hybridized carbons (Fsp3) is 0.600. The maximum Gasteiger partial charge on any atom is 0.239 e. The number of carbonyl (C=O) groups excluding carboxylic acids is 2. The number of aliphatic imine (C=N–C) groups is 2. The Labute approximate surface area is 82.4 Å². The van der Waals surface area contributed by atoms with Crippen molar-refractivity contribution < 1.29 is 9.59 Å². The lowest BCUT2D eigenvalue weighted by Crippen LogP contribution is -2.11. The third-order valence-electron chi connectivity index (χ3n) is 2.37. The van der Waals surface area contributed by atoms with E-state index in [4.69, 9.17) is 0 Å². The summed E-state index contributed by atoms with van der Waals surface area (Å²) < 4.78 is 0. The third-order valence-corrected chi connectivity index (χ3v) is 2.37. The number of allylic oxidation sites excluding steroid dienone is 1. The molecule has 4 nitrogen and oxygen atoms in total. The highest BCUT2D eigenvalue weighted by Gasteiger charge is 2.16. The molecule has 0 heterocycles. The molecule has 1 aliphatic rings. The van der Waals surface area contributed by atoms with Gasteiger partial charge in [-0.2, -0.15) is 4.99 Å². The lowest BCUT2D eigenvalue weighted by molar-refractivity contribution is 0.426. The third kappa shape index (κ3) is 3.48. The van der Waals surface area contributed by atoms with Gasteiger partial charge in [-0.25, -0.2) is 14.6 Å². The molecular weight excluding hydrogens is 180 g/mol. The topological polar surface area (TPSA) is 58.9 Å². The van der Waals surface area contributed by atoms with Gasteiger partial charge < -0.3 is 0 Å². The molecule has 0 radical (unpaired) electrons. The van der Waals surface area contributed by atoms with E-state index < -0.39 is 0 Å². The summed E-state index contributed by atoms with van der Waals surface area (Å²) in [4.78, 5) is 26.8. The molecule has 0 amide bonds. The monoisotopic (exact) mass is 192 g/mol. The number of rotatable bonds is 3. The van der Waals surface area contributed by atoms with Gasteiger partial charge in [-0.1, -0.05) is 5.57 Å². The van der Waals surface area contributed by atoms with Gasteiger partial charge in [0.1, 0.15) is 0 Å². The number of nitrogens with zero attached hydrogens (tertiary/aromatic N) is 2. The zero-order valence-electron chi connectivity index (χ0n) is 7.90. The summed E-state index contributed by atoms with van der Waals surface area (Å²) in [6.07, 6.45) is 8.60. The minimum Gasteiger partial charge on any atom is -0.211 e. The van der Waals surface area contributed by atoms with Crippen molar-refractivity contribution in [2.75, 3.05) is 6.54 Å². The van der Waals surface area contributed by atoms with E-state index in [2.05, 4.69) is 9.98 Å². The van der Waals surface area contributed by atoms with E-state index in [1.165, 1.54) is 6.08 Å². The molecule has 1 fully saturated rings. The lowest BCUT2D eigenvalue weighted by Gasteiger charge is -2.21. The van der Waals surface area contributed by atoms with E-state index >= 15 is 0 Å². The Morgan fingerprint density at radius 1 is 1.43 bits per heavy atom. The number of hydrogen-bond acceptors (Lipinski definition) is 4. The van der Waals surface area contributed by atoms with Crippen LogP contribution in [-0.2, 0) is 9.59 Å². The van der Waals surface area contributed by atoms with Crippen LogP contribution in [0.5, 0.6) is 0 Å². The molecule has 0 aromatic rings. The normalized spacial score (nSPS) is 23.7. The van der Waals surface area contributed by atoms with Crippen LogP contribution in [0.1, 0.15) is 25.7 Å². The predicted octanol–water partition coefficient (Wildman–Crippen LogP) is 1.73. The van der Waals surface area contributed by atoms with Crippen LogP contribution >= 0.6 is 0 Å². The maximum absolute atomic E-state index is 9.92. The fourth-order valence-electron chi connectivity index (χ4n) is 1.75. The van der Waals surface area contributed by atoms with Gasteiger partial charge in [0.15, 0.2) is 0 Å². The van der Waals surface area contributed by atoms with E-state index in [1.807, 2.05) is 0 Å². The molecule has 0 spiro atoms. The molecule has 1 rings (SSSR count). The smallest absolute Gasteiger partial charge is 0.211 e. The Kier molecular flexibility index (Phi) is 4.56. The average Bonchev–Trinajstić information content (AvgIpc) is 2.24. The summed E-state index contributed by atoms with van der Waals surface area (Å²) in [6.45, 7) is 0.533. The van der Waals surface area contributed by atoms with Crippen molar-refractivity contribution in [2.45, 2.75) is 25.7 Å². The molecule has 1 atom stereocenters. The number of isocyanates is 2. The van der Waals surface area contributed by atoms with Crippen molar-refractivity contribution in [3.63, 3.8) is 0 Å². The Hall–Kier alpha value is -1.50. The molecule has 0 aromatic carbocycles. The van der Waals surface area contributed by atoms with Crippen molar-refractivity contribution in [1.29, 1.82) is 0 Å². The first-order valence-corrected chi connectivity index (χ1v) is 4.65. The Morgan fingerprint density at radius 2 is 2.29 bits per heavy atom. The molecule has 0 bridgehead atoms. The second-order valence-corrected chi connectivity index (χ2v) is 3.40. The van der Waals surface area contributed by atoms with Crippen LogP contribution in [-0.4, -0.2) is 18.7 Å². The molecule has 0 aromatic heterocycles. The summed E-state index contributed by atoms with van der Waals surface area (Å²) >= 11 is 0. The van der Waals surface area contributed by atoms with E-state index in [0.29, 0.717) is 12.5 Å². The van der Waals surface area contributed by atoms with Gasteiger partial charge in [0.2, 0.25) is 12.2 Å². The van der Waals surface area contributed by atoms with Crippen LogP contribution in [0.25, 0.3) is 0 Å². The van der Waals surface area contributed by atoms with Crippen LogP contribution in [0.15, 0.2) is 21.8 Å². The van der Waals surface area contributed by atoms with Crippen molar-refractivity contribution in [2.24, 2.45) is 15.9 Å². The van der Waals surface area contributed by atoms with Gasteiger partial charge in [-0.05, 0) is 31.6 Å². The predicted molar refractivity (Wildman–Crippen MR) is 51.2 cm³/mol. The Balaban J connectivity index is 2.50. The van der Waals surface area contributed by atoms with Crippen molar-refractivity contribution in [3.8, 4) is 0 Å². The quantitative estimate of drug-likeness (QED) is 0.505. The van der Waals surface area contributed by atoms with Crippen LogP contribution in [0.3, 0.4) is 0 Å². The van der Waals surface area contributed by atoms with Crippen molar-refractivity contribution in [3.05, 3.63) is 11.8 Å². The molecule has 14 heavy (non-hydrogen) atoms. The zero-order chi connectivity index (χ0) is 10.2. The van der Waals surface area contributed by atoms with Gasteiger partial charge in [0.05, 0.1) is 6.54 Å².